The zero-order valence-electron chi connectivity index (χ0n) is 9.57. The monoisotopic (exact) mass is 229 g/mol. The Morgan fingerprint density at radius 3 is 2.56 bits per heavy atom. The summed E-state index contributed by atoms with van der Waals surface area (Å²) in [4.78, 5) is 21.9. The quantitative estimate of drug-likeness (QED) is 0.529. The maximum Gasteiger partial charge on any atom is 0.357 e. The maximum atomic E-state index is 11.4. The summed E-state index contributed by atoms with van der Waals surface area (Å²) in [6.45, 7) is 2.00. The van der Waals surface area contributed by atoms with Crippen molar-refractivity contribution in [2.45, 2.75) is 44.8 Å². The predicted molar refractivity (Wildman–Crippen MR) is 57.8 cm³/mol. The zero-order valence-corrected chi connectivity index (χ0v) is 9.57. The molecular weight excluding hydrogens is 210 g/mol. The van der Waals surface area contributed by atoms with Crippen LogP contribution in [0.25, 0.3) is 0 Å². The Morgan fingerprint density at radius 2 is 2.12 bits per heavy atom. The largest absolute Gasteiger partial charge is 0.478 e. The van der Waals surface area contributed by atoms with E-state index in [1.165, 1.54) is 0 Å². The molecule has 5 nitrogen and oxygen atoms in total. The summed E-state index contributed by atoms with van der Waals surface area (Å²) in [5.74, 6) is -1.24. The van der Waals surface area contributed by atoms with Crippen LogP contribution in [0.4, 0.5) is 0 Å². The van der Waals surface area contributed by atoms with Crippen molar-refractivity contribution in [3.05, 3.63) is 0 Å². The fraction of sp³-hybridized carbons (Fsp3) is 0.818. The van der Waals surface area contributed by atoms with Crippen LogP contribution in [0.3, 0.4) is 0 Å². The highest BCUT2D eigenvalue weighted by atomic mass is 16.5. The third-order valence-corrected chi connectivity index (χ3v) is 3.14. The van der Waals surface area contributed by atoms with Crippen molar-refractivity contribution in [1.29, 1.82) is 0 Å². The Hall–Kier alpha value is -1.10. The van der Waals surface area contributed by atoms with Crippen molar-refractivity contribution in [2.75, 3.05) is 6.61 Å². The molecule has 0 aromatic rings. The van der Waals surface area contributed by atoms with E-state index in [1.807, 2.05) is 0 Å². The number of rotatable bonds is 6. The molecule has 1 aliphatic rings. The molecule has 1 fully saturated rings. The molecule has 1 rings (SSSR count). The van der Waals surface area contributed by atoms with E-state index in [0.29, 0.717) is 6.41 Å². The van der Waals surface area contributed by atoms with Crippen LogP contribution in [0.1, 0.15) is 39.0 Å². The molecule has 0 heterocycles. The van der Waals surface area contributed by atoms with Crippen LogP contribution in [0.2, 0.25) is 0 Å². The van der Waals surface area contributed by atoms with Gasteiger partial charge in [-0.15, -0.1) is 0 Å². The van der Waals surface area contributed by atoms with Gasteiger partial charge < -0.3 is 15.2 Å². The molecule has 1 saturated carbocycles. The molecule has 1 atom stereocenters. The average molecular weight is 229 g/mol. The van der Waals surface area contributed by atoms with Crippen LogP contribution in [-0.4, -0.2) is 29.8 Å². The van der Waals surface area contributed by atoms with Gasteiger partial charge in [-0.25, -0.2) is 4.79 Å². The number of carbonyl (C=O) groups excluding carboxylic acids is 1. The lowest BCUT2D eigenvalue weighted by atomic mass is 9.81. The van der Waals surface area contributed by atoms with E-state index in [1.54, 1.807) is 6.92 Å². The first-order chi connectivity index (χ1) is 7.67. The molecule has 0 spiro atoms. The number of amides is 1. The lowest BCUT2D eigenvalue weighted by Gasteiger charge is -2.38. The molecule has 1 unspecified atom stereocenters. The summed E-state index contributed by atoms with van der Waals surface area (Å²) in [5, 5.41) is 11.7. The highest BCUT2D eigenvalue weighted by Crippen LogP contribution is 2.33. The van der Waals surface area contributed by atoms with E-state index in [9.17, 15) is 14.7 Å². The van der Waals surface area contributed by atoms with Crippen molar-refractivity contribution in [3.8, 4) is 0 Å². The van der Waals surface area contributed by atoms with E-state index in [4.69, 9.17) is 4.74 Å². The van der Waals surface area contributed by atoms with Crippen molar-refractivity contribution >= 4 is 12.4 Å². The predicted octanol–water partition coefficient (Wildman–Crippen LogP) is 1.13. The van der Waals surface area contributed by atoms with Gasteiger partial charge in [-0.2, -0.15) is 0 Å². The minimum absolute atomic E-state index is 0.135. The molecule has 16 heavy (non-hydrogen) atoms. The maximum absolute atomic E-state index is 11.4. The SMILES string of the molecule is CCOC(NC=O)(C(=O)O)C1CCCCC1. The average Bonchev–Trinajstić information content (AvgIpc) is 2.29. The molecule has 0 aliphatic heterocycles. The summed E-state index contributed by atoms with van der Waals surface area (Å²) in [6, 6.07) is 0. The zero-order chi connectivity index (χ0) is 12.0. The Morgan fingerprint density at radius 1 is 1.50 bits per heavy atom. The molecular formula is C11H19NO4. The van der Waals surface area contributed by atoms with Gasteiger partial charge in [0.05, 0.1) is 0 Å². The molecule has 0 aromatic heterocycles. The summed E-state index contributed by atoms with van der Waals surface area (Å²) < 4.78 is 5.33. The lowest BCUT2D eigenvalue weighted by molar-refractivity contribution is -0.184. The molecule has 0 radical (unpaired) electrons. The number of carboxylic acid groups (broad SMARTS) is 1. The lowest BCUT2D eigenvalue weighted by Crippen LogP contribution is -2.59. The van der Waals surface area contributed by atoms with Gasteiger partial charge in [-0.3, -0.25) is 4.79 Å². The number of hydrogen-bond acceptors (Lipinski definition) is 3. The van der Waals surface area contributed by atoms with E-state index in [-0.39, 0.29) is 12.5 Å². The summed E-state index contributed by atoms with van der Waals surface area (Å²) in [7, 11) is 0. The van der Waals surface area contributed by atoms with Gasteiger partial charge in [0.1, 0.15) is 0 Å². The number of carbonyl (C=O) groups is 2. The number of aliphatic carboxylic acids is 1. The molecule has 0 saturated heterocycles. The molecule has 0 bridgehead atoms. The highest BCUT2D eigenvalue weighted by molar-refractivity contribution is 5.80. The standard InChI is InChI=1S/C11H19NO4/c1-2-16-11(10(14)15,12-8-13)9-6-4-3-5-7-9/h8-9H,2-7H2,1H3,(H,12,13)(H,14,15). The number of carboxylic acids is 1. The van der Waals surface area contributed by atoms with Crippen molar-refractivity contribution < 1.29 is 19.4 Å². The summed E-state index contributed by atoms with van der Waals surface area (Å²) in [6.07, 6.45) is 5.10. The van der Waals surface area contributed by atoms with Gasteiger partial charge in [-0.1, -0.05) is 19.3 Å². The number of hydrogen-bond donors (Lipinski definition) is 2. The fourth-order valence-electron chi connectivity index (χ4n) is 2.40. The van der Waals surface area contributed by atoms with Gasteiger partial charge in [0, 0.05) is 12.5 Å². The topological polar surface area (TPSA) is 75.6 Å². The highest BCUT2D eigenvalue weighted by Gasteiger charge is 2.47. The van der Waals surface area contributed by atoms with E-state index < -0.39 is 11.7 Å². The number of nitrogens with one attached hydrogen (secondary N) is 1. The Labute approximate surface area is 95.2 Å². The Bertz CT molecular complexity index is 250. The van der Waals surface area contributed by atoms with E-state index in [0.717, 1.165) is 32.1 Å². The van der Waals surface area contributed by atoms with Crippen LogP contribution in [0.5, 0.6) is 0 Å². The third-order valence-electron chi connectivity index (χ3n) is 3.14. The minimum atomic E-state index is -1.53. The minimum Gasteiger partial charge on any atom is -0.478 e. The van der Waals surface area contributed by atoms with Crippen molar-refractivity contribution in [2.24, 2.45) is 5.92 Å². The van der Waals surface area contributed by atoms with Gasteiger partial charge in [0.25, 0.3) is 0 Å². The molecule has 5 heteroatoms. The number of ether oxygens (including phenoxy) is 1. The fourth-order valence-corrected chi connectivity index (χ4v) is 2.40. The Kier molecular flexibility index (Phi) is 4.73. The van der Waals surface area contributed by atoms with Crippen LogP contribution in [-0.2, 0) is 14.3 Å². The molecule has 2 N–H and O–H groups in total. The van der Waals surface area contributed by atoms with Gasteiger partial charge >= 0.3 is 5.97 Å². The van der Waals surface area contributed by atoms with Gasteiger partial charge in [-0.05, 0) is 19.8 Å². The smallest absolute Gasteiger partial charge is 0.357 e. The summed E-state index contributed by atoms with van der Waals surface area (Å²) in [5.41, 5.74) is -1.53. The second-order valence-corrected chi connectivity index (χ2v) is 4.07. The molecule has 1 amide bonds. The van der Waals surface area contributed by atoms with Crippen molar-refractivity contribution in [1.82, 2.24) is 5.32 Å². The summed E-state index contributed by atoms with van der Waals surface area (Å²) >= 11 is 0. The Balaban J connectivity index is 2.88. The van der Waals surface area contributed by atoms with Crippen LogP contribution in [0.15, 0.2) is 0 Å². The first-order valence-corrected chi connectivity index (χ1v) is 5.76. The first kappa shape index (κ1) is 13.0. The van der Waals surface area contributed by atoms with Crippen LogP contribution >= 0.6 is 0 Å². The van der Waals surface area contributed by atoms with Gasteiger partial charge in [0.15, 0.2) is 0 Å². The van der Waals surface area contributed by atoms with E-state index >= 15 is 0 Å². The van der Waals surface area contributed by atoms with Crippen molar-refractivity contribution in [3.63, 3.8) is 0 Å². The van der Waals surface area contributed by atoms with E-state index in [2.05, 4.69) is 5.32 Å². The molecule has 92 valence electrons. The second kappa shape index (κ2) is 5.84. The molecule has 0 aromatic carbocycles. The van der Waals surface area contributed by atoms with Gasteiger partial charge in [0.2, 0.25) is 12.1 Å². The third kappa shape index (κ3) is 2.52. The normalized spacial score (nSPS) is 21.1. The second-order valence-electron chi connectivity index (χ2n) is 4.07. The van der Waals surface area contributed by atoms with Crippen LogP contribution in [0, 0.1) is 5.92 Å². The van der Waals surface area contributed by atoms with Crippen LogP contribution < -0.4 is 5.32 Å². The molecule has 1 aliphatic carbocycles. The first-order valence-electron chi connectivity index (χ1n) is 5.76.